The fourth-order valence-corrected chi connectivity index (χ4v) is 2.03. The van der Waals surface area contributed by atoms with Gasteiger partial charge in [0.15, 0.2) is 11.5 Å². The van der Waals surface area contributed by atoms with E-state index in [1.54, 1.807) is 6.92 Å². The fraction of sp³-hybridized carbons (Fsp3) is 0.200. The third-order valence-corrected chi connectivity index (χ3v) is 3.10. The molecule has 18 heavy (non-hydrogen) atoms. The molecule has 2 N–H and O–H groups in total. The monoisotopic (exact) mass is 268 g/mol. The molecule has 94 valence electrons. The van der Waals surface area contributed by atoms with E-state index in [9.17, 15) is 9.18 Å². The van der Waals surface area contributed by atoms with Gasteiger partial charge in [0, 0.05) is 5.38 Å². The first-order chi connectivity index (χ1) is 8.56. The summed E-state index contributed by atoms with van der Waals surface area (Å²) in [5.41, 5.74) is 0.00340. The Hall–Kier alpha value is -2.09. The second kappa shape index (κ2) is 5.05. The van der Waals surface area contributed by atoms with Gasteiger partial charge in [-0.3, -0.25) is 0 Å². The van der Waals surface area contributed by atoms with Crippen molar-refractivity contribution in [1.82, 2.24) is 15.0 Å². The molecule has 0 aliphatic rings. The van der Waals surface area contributed by atoms with Gasteiger partial charge in [-0.1, -0.05) is 0 Å². The number of nitrogens with one attached hydrogen (secondary N) is 1. The number of carboxylic acid groups (broad SMARTS) is 1. The second-order valence-electron chi connectivity index (χ2n) is 3.47. The lowest BCUT2D eigenvalue weighted by molar-refractivity contribution is 0.0691. The third kappa shape index (κ3) is 2.77. The molecular formula is C10H9FN4O2S. The minimum Gasteiger partial charge on any atom is -0.476 e. The molecule has 2 aromatic heterocycles. The van der Waals surface area contributed by atoms with Crippen molar-refractivity contribution < 1.29 is 14.3 Å². The van der Waals surface area contributed by atoms with Crippen molar-refractivity contribution in [3.05, 3.63) is 34.3 Å². The highest BCUT2D eigenvalue weighted by Gasteiger charge is 2.14. The van der Waals surface area contributed by atoms with Crippen LogP contribution in [0.5, 0.6) is 0 Å². The number of anilines is 1. The second-order valence-corrected chi connectivity index (χ2v) is 4.36. The summed E-state index contributed by atoms with van der Waals surface area (Å²) >= 11 is 1.22. The van der Waals surface area contributed by atoms with E-state index >= 15 is 0 Å². The molecule has 1 atom stereocenters. The SMILES string of the molecule is CC(Nc1ncc(F)cn1)c1nc(C(=O)O)cs1. The molecule has 1 unspecified atom stereocenters. The average Bonchev–Trinajstić information content (AvgIpc) is 2.81. The molecule has 0 spiro atoms. The van der Waals surface area contributed by atoms with Gasteiger partial charge in [0.2, 0.25) is 5.95 Å². The van der Waals surface area contributed by atoms with Crippen molar-refractivity contribution in [3.63, 3.8) is 0 Å². The minimum absolute atomic E-state index is 0.00340. The summed E-state index contributed by atoms with van der Waals surface area (Å²) in [6, 6.07) is -0.256. The van der Waals surface area contributed by atoms with Crippen LogP contribution >= 0.6 is 11.3 Å². The van der Waals surface area contributed by atoms with Gasteiger partial charge in [0.25, 0.3) is 0 Å². The number of carboxylic acids is 1. The molecule has 0 aliphatic carbocycles. The highest BCUT2D eigenvalue weighted by Crippen LogP contribution is 2.20. The van der Waals surface area contributed by atoms with E-state index in [2.05, 4.69) is 20.3 Å². The number of rotatable bonds is 4. The van der Waals surface area contributed by atoms with Crippen LogP contribution in [0.2, 0.25) is 0 Å². The van der Waals surface area contributed by atoms with E-state index in [-0.39, 0.29) is 17.7 Å². The Morgan fingerprint density at radius 3 is 2.72 bits per heavy atom. The molecule has 0 fully saturated rings. The number of hydrogen-bond acceptors (Lipinski definition) is 6. The molecule has 0 amide bonds. The maximum atomic E-state index is 12.6. The van der Waals surface area contributed by atoms with Gasteiger partial charge < -0.3 is 10.4 Å². The normalized spacial score (nSPS) is 12.1. The van der Waals surface area contributed by atoms with Crippen LogP contribution in [0.1, 0.15) is 28.5 Å². The van der Waals surface area contributed by atoms with Crippen LogP contribution in [0.4, 0.5) is 10.3 Å². The van der Waals surface area contributed by atoms with Crippen molar-refractivity contribution >= 4 is 23.3 Å². The first-order valence-corrected chi connectivity index (χ1v) is 5.87. The van der Waals surface area contributed by atoms with Crippen molar-refractivity contribution in [2.45, 2.75) is 13.0 Å². The summed E-state index contributed by atoms with van der Waals surface area (Å²) in [4.78, 5) is 22.1. The molecule has 8 heteroatoms. The lowest BCUT2D eigenvalue weighted by atomic mass is 10.3. The molecule has 0 saturated heterocycles. The van der Waals surface area contributed by atoms with Crippen LogP contribution in [-0.2, 0) is 0 Å². The zero-order valence-corrected chi connectivity index (χ0v) is 10.1. The Labute approximate surface area is 106 Å². The van der Waals surface area contributed by atoms with Gasteiger partial charge in [-0.15, -0.1) is 11.3 Å². The smallest absolute Gasteiger partial charge is 0.355 e. The van der Waals surface area contributed by atoms with Crippen LogP contribution in [0, 0.1) is 5.82 Å². The van der Waals surface area contributed by atoms with Crippen LogP contribution < -0.4 is 5.32 Å². The zero-order valence-electron chi connectivity index (χ0n) is 9.29. The predicted molar refractivity (Wildman–Crippen MR) is 63.1 cm³/mol. The third-order valence-electron chi connectivity index (χ3n) is 2.08. The number of carbonyl (C=O) groups is 1. The van der Waals surface area contributed by atoms with Crippen molar-refractivity contribution in [2.75, 3.05) is 5.32 Å². The largest absolute Gasteiger partial charge is 0.476 e. The van der Waals surface area contributed by atoms with Crippen LogP contribution in [0.3, 0.4) is 0 Å². The Morgan fingerprint density at radius 1 is 1.50 bits per heavy atom. The van der Waals surface area contributed by atoms with Crippen molar-refractivity contribution in [3.8, 4) is 0 Å². The summed E-state index contributed by atoms with van der Waals surface area (Å²) in [6.07, 6.45) is 2.10. The van der Waals surface area contributed by atoms with Gasteiger partial charge in [-0.25, -0.2) is 24.1 Å². The number of nitrogens with zero attached hydrogens (tertiary/aromatic N) is 3. The van der Waals surface area contributed by atoms with Gasteiger partial charge in [0.05, 0.1) is 18.4 Å². The Morgan fingerprint density at radius 2 is 2.17 bits per heavy atom. The van der Waals surface area contributed by atoms with Crippen molar-refractivity contribution in [2.24, 2.45) is 0 Å². The number of hydrogen-bond donors (Lipinski definition) is 2. The van der Waals surface area contributed by atoms with E-state index in [1.165, 1.54) is 16.7 Å². The molecule has 2 aromatic rings. The molecule has 0 saturated carbocycles. The first-order valence-electron chi connectivity index (χ1n) is 4.99. The minimum atomic E-state index is -1.07. The van der Waals surface area contributed by atoms with Gasteiger partial charge in [0.1, 0.15) is 5.01 Å². The zero-order chi connectivity index (χ0) is 13.1. The van der Waals surface area contributed by atoms with Crippen LogP contribution in [0.25, 0.3) is 0 Å². The van der Waals surface area contributed by atoms with Gasteiger partial charge >= 0.3 is 5.97 Å². The maximum absolute atomic E-state index is 12.6. The highest BCUT2D eigenvalue weighted by atomic mass is 32.1. The summed E-state index contributed by atoms with van der Waals surface area (Å²) in [5, 5.41) is 13.7. The van der Waals surface area contributed by atoms with E-state index in [0.717, 1.165) is 12.4 Å². The van der Waals surface area contributed by atoms with Crippen molar-refractivity contribution in [1.29, 1.82) is 0 Å². The number of aromatic nitrogens is 3. The lowest BCUT2D eigenvalue weighted by Crippen LogP contribution is -2.09. The molecule has 0 aromatic carbocycles. The first kappa shape index (κ1) is 12.4. The average molecular weight is 268 g/mol. The predicted octanol–water partition coefficient (Wildman–Crippen LogP) is 1.94. The lowest BCUT2D eigenvalue weighted by Gasteiger charge is -2.10. The number of thiazole rings is 1. The molecule has 0 radical (unpaired) electrons. The van der Waals surface area contributed by atoms with Crippen LogP contribution in [-0.4, -0.2) is 26.0 Å². The van der Waals surface area contributed by atoms with E-state index < -0.39 is 11.8 Å². The Kier molecular flexibility index (Phi) is 3.47. The Balaban J connectivity index is 2.09. The summed E-state index contributed by atoms with van der Waals surface area (Å²) < 4.78 is 12.6. The summed E-state index contributed by atoms with van der Waals surface area (Å²) in [5.74, 6) is -1.32. The maximum Gasteiger partial charge on any atom is 0.355 e. The van der Waals surface area contributed by atoms with Gasteiger partial charge in [-0.05, 0) is 6.92 Å². The molecule has 2 heterocycles. The standard InChI is InChI=1S/C10H9FN4O2S/c1-5(8-15-7(4-18-8)9(16)17)14-10-12-2-6(11)3-13-10/h2-5H,1H3,(H,16,17)(H,12,13,14). The summed E-state index contributed by atoms with van der Waals surface area (Å²) in [6.45, 7) is 1.79. The molecular weight excluding hydrogens is 259 g/mol. The summed E-state index contributed by atoms with van der Waals surface area (Å²) in [7, 11) is 0. The molecule has 0 aliphatic heterocycles. The van der Waals surface area contributed by atoms with E-state index in [1.807, 2.05) is 0 Å². The number of halogens is 1. The highest BCUT2D eigenvalue weighted by molar-refractivity contribution is 7.09. The van der Waals surface area contributed by atoms with E-state index in [4.69, 9.17) is 5.11 Å². The molecule has 2 rings (SSSR count). The van der Waals surface area contributed by atoms with E-state index in [0.29, 0.717) is 5.01 Å². The molecule has 6 nitrogen and oxygen atoms in total. The Bertz CT molecular complexity index is 557. The van der Waals surface area contributed by atoms with Crippen LogP contribution in [0.15, 0.2) is 17.8 Å². The fourth-order valence-electron chi connectivity index (χ4n) is 1.23. The number of aromatic carboxylic acids is 1. The van der Waals surface area contributed by atoms with Gasteiger partial charge in [-0.2, -0.15) is 0 Å². The molecule has 0 bridgehead atoms. The quantitative estimate of drug-likeness (QED) is 0.881. The topological polar surface area (TPSA) is 88.0 Å².